The zero-order valence-corrected chi connectivity index (χ0v) is 24.9. The molecule has 3 aromatic carbocycles. The van der Waals surface area contributed by atoms with Gasteiger partial charge in [-0.05, 0) is 48.5 Å². The highest BCUT2D eigenvalue weighted by molar-refractivity contribution is 8.00. The topological polar surface area (TPSA) is 118 Å². The summed E-state index contributed by atoms with van der Waals surface area (Å²) in [6.07, 6.45) is 0. The van der Waals surface area contributed by atoms with E-state index >= 15 is 0 Å². The first kappa shape index (κ1) is 28.4. The maximum absolute atomic E-state index is 14.0. The van der Waals surface area contributed by atoms with Gasteiger partial charge in [-0.1, -0.05) is 64.5 Å². The number of halogens is 2. The van der Waals surface area contributed by atoms with Crippen molar-refractivity contribution in [1.82, 2.24) is 4.98 Å². The van der Waals surface area contributed by atoms with E-state index in [-0.39, 0.29) is 23.3 Å². The fourth-order valence-corrected chi connectivity index (χ4v) is 7.93. The van der Waals surface area contributed by atoms with Crippen molar-refractivity contribution in [2.45, 2.75) is 16.2 Å². The second kappa shape index (κ2) is 11.5. The summed E-state index contributed by atoms with van der Waals surface area (Å²) in [6, 6.07) is 18.4. The predicted octanol–water partition coefficient (Wildman–Crippen LogP) is 5.57. The van der Waals surface area contributed by atoms with Crippen LogP contribution in [0.15, 0.2) is 76.6 Å². The van der Waals surface area contributed by atoms with Crippen LogP contribution in [0, 0.1) is 5.92 Å². The number of methoxy groups -OCH3 is 1. The van der Waals surface area contributed by atoms with Gasteiger partial charge in [0.1, 0.15) is 16.7 Å². The molecular formula is C29H21Cl2N3O6S2. The van der Waals surface area contributed by atoms with Crippen molar-refractivity contribution < 1.29 is 23.9 Å². The minimum atomic E-state index is -0.807. The summed E-state index contributed by atoms with van der Waals surface area (Å²) in [5.41, 5.74) is 1.47. The number of nitrogens with one attached hydrogen (secondary N) is 2. The number of thioether (sulfide) groups is 1. The van der Waals surface area contributed by atoms with Gasteiger partial charge in [0.25, 0.3) is 5.91 Å². The standard InChI is InChI=1S/C29H21Cl2N3O6S2/c1-39-16-9-7-15(8-10-16)34-27(36)23-22(24-26(33-29(38)42-24)41-25(23)28(34)37)17-4-2-3-5-20(17)40-13-21(35)32-14-6-11-18(30)19(31)12-14/h2-12,22-23,25H,13H2,1H3,(H,32,35)(H,33,38)/t22-,23-,25+/m0/s1. The molecule has 3 heterocycles. The van der Waals surface area contributed by atoms with Gasteiger partial charge in [-0.25, -0.2) is 4.90 Å². The zero-order valence-electron chi connectivity index (χ0n) is 21.8. The Balaban J connectivity index is 1.32. The molecule has 0 radical (unpaired) electrons. The maximum Gasteiger partial charge on any atom is 0.305 e. The molecule has 2 aliphatic rings. The molecule has 1 fully saturated rings. The van der Waals surface area contributed by atoms with E-state index < -0.39 is 23.0 Å². The Morgan fingerprint density at radius 1 is 1.00 bits per heavy atom. The summed E-state index contributed by atoms with van der Waals surface area (Å²) >= 11 is 14.2. The van der Waals surface area contributed by atoms with Gasteiger partial charge in [0.2, 0.25) is 11.8 Å². The molecule has 1 saturated heterocycles. The number of imide groups is 1. The monoisotopic (exact) mass is 641 g/mol. The highest BCUT2D eigenvalue weighted by Crippen LogP contribution is 2.54. The van der Waals surface area contributed by atoms with Crippen LogP contribution in [-0.2, 0) is 14.4 Å². The third-order valence-corrected chi connectivity index (χ3v) is 10.1. The van der Waals surface area contributed by atoms with E-state index in [9.17, 15) is 19.2 Å². The highest BCUT2D eigenvalue weighted by Gasteiger charge is 2.56. The number of H-pyrrole nitrogens is 1. The number of carbonyl (C=O) groups excluding carboxylic acids is 3. The molecule has 13 heteroatoms. The summed E-state index contributed by atoms with van der Waals surface area (Å²) in [5.74, 6) is -1.72. The molecule has 9 nitrogen and oxygen atoms in total. The lowest BCUT2D eigenvalue weighted by molar-refractivity contribution is -0.122. The van der Waals surface area contributed by atoms with Crippen molar-refractivity contribution in [3.8, 4) is 11.5 Å². The van der Waals surface area contributed by atoms with Gasteiger partial charge in [-0.3, -0.25) is 19.2 Å². The fourth-order valence-electron chi connectivity index (χ4n) is 5.12. The minimum Gasteiger partial charge on any atom is -0.497 e. The van der Waals surface area contributed by atoms with Crippen molar-refractivity contribution >= 4 is 75.4 Å². The number of fused-ring (bicyclic) bond motifs is 2. The largest absolute Gasteiger partial charge is 0.497 e. The Labute approximate surface area is 257 Å². The number of rotatable bonds is 7. The van der Waals surface area contributed by atoms with Crippen LogP contribution < -0.4 is 24.6 Å². The third kappa shape index (κ3) is 5.17. The van der Waals surface area contributed by atoms with E-state index in [1.165, 1.54) is 29.8 Å². The molecule has 2 N–H and O–H groups in total. The van der Waals surface area contributed by atoms with Crippen LogP contribution in [-0.4, -0.2) is 41.7 Å². The Kier molecular flexibility index (Phi) is 7.75. The molecule has 0 spiro atoms. The Bertz CT molecular complexity index is 1770. The van der Waals surface area contributed by atoms with E-state index in [0.29, 0.717) is 48.4 Å². The van der Waals surface area contributed by atoms with Crippen molar-refractivity contribution in [3.63, 3.8) is 0 Å². The SMILES string of the molecule is COc1ccc(N2C(=O)[C@H]3[C@H](c4ccccc4OCC(=O)Nc4ccc(Cl)c(Cl)c4)c4sc(=O)[nH]c4S[C@H]3C2=O)cc1. The lowest BCUT2D eigenvalue weighted by Gasteiger charge is -2.30. The average molecular weight is 643 g/mol. The number of para-hydroxylation sites is 1. The summed E-state index contributed by atoms with van der Waals surface area (Å²) in [5, 5.41) is 3.14. The van der Waals surface area contributed by atoms with Crippen molar-refractivity contribution in [2.75, 3.05) is 23.9 Å². The molecule has 42 heavy (non-hydrogen) atoms. The number of amides is 3. The van der Waals surface area contributed by atoms with Crippen molar-refractivity contribution in [3.05, 3.63) is 96.9 Å². The quantitative estimate of drug-likeness (QED) is 0.254. The number of benzene rings is 3. The van der Waals surface area contributed by atoms with Crippen LogP contribution in [0.4, 0.5) is 11.4 Å². The fraction of sp³-hybridized carbons (Fsp3) is 0.172. The number of nitrogens with zero attached hydrogens (tertiary/aromatic N) is 1. The average Bonchev–Trinajstić information content (AvgIpc) is 3.48. The van der Waals surface area contributed by atoms with Crippen LogP contribution in [0.2, 0.25) is 10.0 Å². The first-order chi connectivity index (χ1) is 20.2. The number of carbonyl (C=O) groups is 3. The van der Waals surface area contributed by atoms with E-state index in [1.807, 2.05) is 0 Å². The lowest BCUT2D eigenvalue weighted by atomic mass is 9.82. The van der Waals surface area contributed by atoms with Gasteiger partial charge >= 0.3 is 4.87 Å². The van der Waals surface area contributed by atoms with E-state index in [4.69, 9.17) is 32.7 Å². The minimum absolute atomic E-state index is 0.288. The molecular weight excluding hydrogens is 621 g/mol. The third-order valence-electron chi connectivity index (χ3n) is 6.97. The number of anilines is 2. The van der Waals surface area contributed by atoms with Crippen LogP contribution in [0.1, 0.15) is 16.4 Å². The number of aromatic nitrogens is 1. The van der Waals surface area contributed by atoms with Crippen LogP contribution in [0.3, 0.4) is 0 Å². The van der Waals surface area contributed by atoms with Crippen LogP contribution in [0.25, 0.3) is 0 Å². The number of hydrogen-bond acceptors (Lipinski definition) is 8. The maximum atomic E-state index is 14.0. The van der Waals surface area contributed by atoms with Gasteiger partial charge in [0.15, 0.2) is 6.61 Å². The zero-order chi connectivity index (χ0) is 29.5. The molecule has 0 bridgehead atoms. The molecule has 1 aromatic heterocycles. The Hall–Kier alpha value is -3.77. The number of aromatic amines is 1. The molecule has 0 saturated carbocycles. The summed E-state index contributed by atoms with van der Waals surface area (Å²) in [6.45, 7) is -0.339. The van der Waals surface area contributed by atoms with Gasteiger partial charge in [0.05, 0.1) is 33.8 Å². The van der Waals surface area contributed by atoms with Gasteiger partial charge in [-0.15, -0.1) is 0 Å². The van der Waals surface area contributed by atoms with Gasteiger partial charge < -0.3 is 19.8 Å². The molecule has 3 atom stereocenters. The van der Waals surface area contributed by atoms with Gasteiger partial charge in [0, 0.05) is 22.0 Å². The molecule has 4 aromatic rings. The molecule has 3 amide bonds. The summed E-state index contributed by atoms with van der Waals surface area (Å²) in [7, 11) is 1.53. The molecule has 214 valence electrons. The van der Waals surface area contributed by atoms with E-state index in [1.54, 1.807) is 60.7 Å². The van der Waals surface area contributed by atoms with E-state index in [0.717, 1.165) is 11.3 Å². The number of thiazole rings is 1. The molecule has 0 unspecified atom stereocenters. The highest BCUT2D eigenvalue weighted by atomic mass is 35.5. The number of hydrogen-bond donors (Lipinski definition) is 2. The normalized spacial score (nSPS) is 19.3. The number of ether oxygens (including phenoxy) is 2. The predicted molar refractivity (Wildman–Crippen MR) is 162 cm³/mol. The van der Waals surface area contributed by atoms with Gasteiger partial charge in [-0.2, -0.15) is 0 Å². The Morgan fingerprint density at radius 2 is 1.76 bits per heavy atom. The second-order valence-corrected chi connectivity index (χ2v) is 12.4. The van der Waals surface area contributed by atoms with Crippen LogP contribution >= 0.6 is 46.3 Å². The van der Waals surface area contributed by atoms with Crippen molar-refractivity contribution in [1.29, 1.82) is 0 Å². The molecule has 2 aliphatic heterocycles. The second-order valence-electron chi connectivity index (χ2n) is 9.46. The Morgan fingerprint density at radius 3 is 2.50 bits per heavy atom. The van der Waals surface area contributed by atoms with E-state index in [2.05, 4.69) is 10.3 Å². The molecule has 6 rings (SSSR count). The first-order valence-corrected chi connectivity index (χ1v) is 15.1. The lowest BCUT2D eigenvalue weighted by Crippen LogP contribution is -2.32. The summed E-state index contributed by atoms with van der Waals surface area (Å²) in [4.78, 5) is 57.2. The smallest absolute Gasteiger partial charge is 0.305 e. The summed E-state index contributed by atoms with van der Waals surface area (Å²) < 4.78 is 11.2. The molecule has 0 aliphatic carbocycles. The first-order valence-electron chi connectivity index (χ1n) is 12.6. The van der Waals surface area contributed by atoms with Crippen molar-refractivity contribution in [2.24, 2.45) is 5.92 Å². The van der Waals surface area contributed by atoms with Crippen LogP contribution in [0.5, 0.6) is 11.5 Å².